The van der Waals surface area contributed by atoms with E-state index in [2.05, 4.69) is 87.3 Å². The van der Waals surface area contributed by atoms with Gasteiger partial charge in [0.2, 0.25) is 35.4 Å². The van der Waals surface area contributed by atoms with Crippen LogP contribution in [0.1, 0.15) is 238 Å². The summed E-state index contributed by atoms with van der Waals surface area (Å²) >= 11 is 0. The summed E-state index contributed by atoms with van der Waals surface area (Å²) < 4.78 is 0. The van der Waals surface area contributed by atoms with Crippen LogP contribution in [-0.2, 0) is 28.8 Å². The molecule has 0 fully saturated rings. The van der Waals surface area contributed by atoms with Crippen LogP contribution in [-0.4, -0.2) is 72.2 Å². The molecule has 0 saturated heterocycles. The zero-order valence-corrected chi connectivity index (χ0v) is 48.7. The lowest BCUT2D eigenvalue weighted by Gasteiger charge is -2.25. The first-order chi connectivity index (χ1) is 29.7. The van der Waals surface area contributed by atoms with E-state index in [1.54, 1.807) is 7.05 Å². The molecule has 6 N–H and O–H groups in total. The highest BCUT2D eigenvalue weighted by Gasteiger charge is 2.25. The first-order valence-electron chi connectivity index (χ1n) is 25.5. The van der Waals surface area contributed by atoms with Crippen LogP contribution < -0.4 is 31.9 Å². The van der Waals surface area contributed by atoms with Gasteiger partial charge in [-0.25, -0.2) is 0 Å². The number of amides is 6. The van der Waals surface area contributed by atoms with E-state index in [0.717, 1.165) is 51.4 Å². The topological polar surface area (TPSA) is 175 Å². The Balaban J connectivity index is -0.000000165. The largest absolute Gasteiger partial charge is 0.359 e. The number of hydrogen-bond donors (Lipinski definition) is 6. The molecule has 0 heterocycles. The molecule has 0 aliphatic heterocycles. The minimum Gasteiger partial charge on any atom is -0.359 e. The molecule has 1 unspecified atom stereocenters. The minimum atomic E-state index is -0.275. The van der Waals surface area contributed by atoms with E-state index in [1.165, 1.54) is 0 Å². The number of rotatable bonds is 16. The highest BCUT2D eigenvalue weighted by Crippen LogP contribution is 2.17. The predicted molar refractivity (Wildman–Crippen MR) is 284 cm³/mol. The van der Waals surface area contributed by atoms with Gasteiger partial charge in [0.05, 0.1) is 0 Å². The van der Waals surface area contributed by atoms with Gasteiger partial charge in [0.15, 0.2) is 0 Å². The van der Waals surface area contributed by atoms with Gasteiger partial charge in [-0.1, -0.05) is 172 Å². The minimum absolute atomic E-state index is 0.0826. The van der Waals surface area contributed by atoms with Crippen LogP contribution in [0.5, 0.6) is 0 Å². The summed E-state index contributed by atoms with van der Waals surface area (Å²) in [5, 5.41) is 17.5. The first kappa shape index (κ1) is 74.4. The molecule has 0 aliphatic carbocycles. The smallest absolute Gasteiger partial charge is 0.225 e. The summed E-state index contributed by atoms with van der Waals surface area (Å²) in [5.41, 5.74) is -0.897. The fourth-order valence-electron chi connectivity index (χ4n) is 4.72. The Morgan fingerprint density at radius 2 is 0.742 bits per heavy atom. The molecule has 396 valence electrons. The Morgan fingerprint density at radius 3 is 0.939 bits per heavy atom. The van der Waals surface area contributed by atoms with Gasteiger partial charge in [-0.2, -0.15) is 0 Å². The van der Waals surface area contributed by atoms with Gasteiger partial charge in [0.25, 0.3) is 0 Å². The van der Waals surface area contributed by atoms with Crippen LogP contribution in [0.15, 0.2) is 0 Å². The Labute approximate surface area is 409 Å². The van der Waals surface area contributed by atoms with Gasteiger partial charge < -0.3 is 31.9 Å². The van der Waals surface area contributed by atoms with Crippen molar-refractivity contribution in [2.75, 3.05) is 7.05 Å². The van der Waals surface area contributed by atoms with Gasteiger partial charge in [0, 0.05) is 70.8 Å². The van der Waals surface area contributed by atoms with E-state index in [9.17, 15) is 28.8 Å². The second-order valence-electron chi connectivity index (χ2n) is 22.9. The molecule has 12 nitrogen and oxygen atoms in total. The fourth-order valence-corrected chi connectivity index (χ4v) is 4.72. The van der Waals surface area contributed by atoms with Gasteiger partial charge in [0.1, 0.15) is 0 Å². The summed E-state index contributed by atoms with van der Waals surface area (Å²) in [7, 11) is 1.64. The molecular weight excluding hydrogens is 829 g/mol. The van der Waals surface area contributed by atoms with Crippen molar-refractivity contribution in [3.8, 4) is 0 Å². The van der Waals surface area contributed by atoms with Crippen LogP contribution in [0.2, 0.25) is 0 Å². The molecule has 0 rings (SSSR count). The lowest BCUT2D eigenvalue weighted by atomic mass is 9.93. The molecule has 66 heavy (non-hydrogen) atoms. The first-order valence-corrected chi connectivity index (χ1v) is 25.5. The number of nitrogens with one attached hydrogen (secondary N) is 6. The van der Waals surface area contributed by atoms with Gasteiger partial charge in [-0.3, -0.25) is 28.8 Å². The second-order valence-corrected chi connectivity index (χ2v) is 22.9. The standard InChI is InChI=1S/C12H25NO.C11H23NO.C10H21NO.2C8H17NO.C5H11NO/c1-6-8-10(9-7-2)13-11(14)12(3,4)5;1-7-9(8(2)3)12-10(13)11(4,5)6;1-6-8(7-2)11-9(12)10(3,4)5;1-6(2)7(10)9-8(3,4)5;1-5-7(4)9-8(10)6(2)3;1-4(2)5(7)6-3/h10H,6-9H2,1-5H3,(H,13,14);8-9H,7H2,1-6H3,(H,12,13);8H,6-7H2,1-5H3,(H,11,12);6H,1-5H3,(H,9,10);6-7H,5H2,1-4H3,(H,9,10);4H,1-3H3,(H,6,7)/t;;;;7-;/m....0./s1. The Morgan fingerprint density at radius 1 is 0.409 bits per heavy atom. The second kappa shape index (κ2) is 38.8. The van der Waals surface area contributed by atoms with Crippen LogP contribution in [0.25, 0.3) is 0 Å². The Hall–Kier alpha value is -3.18. The molecule has 0 aromatic carbocycles. The van der Waals surface area contributed by atoms with Crippen LogP contribution in [0, 0.1) is 39.9 Å². The zero-order chi connectivity index (χ0) is 54.0. The molecule has 0 saturated carbocycles. The van der Waals surface area contributed by atoms with E-state index >= 15 is 0 Å². The van der Waals surface area contributed by atoms with Crippen molar-refractivity contribution >= 4 is 35.4 Å². The molecule has 0 radical (unpaired) electrons. The maximum Gasteiger partial charge on any atom is 0.225 e. The SMILES string of the molecule is CC(C)C(=O)NC(C)(C)C.CCC(CC)NC(=O)C(C)(C)C.CCC(NC(=O)C(C)(C)C)C(C)C.CCCC(CCC)NC(=O)C(C)(C)C.CC[C@H](C)NC(=O)C(C)C.CNC(=O)C(C)C. The Bertz CT molecular complexity index is 1270. The van der Waals surface area contributed by atoms with E-state index in [1.807, 2.05) is 132 Å². The molecule has 12 heteroatoms. The Kier molecular flexibility index (Phi) is 43.7. The van der Waals surface area contributed by atoms with Crippen molar-refractivity contribution in [1.82, 2.24) is 31.9 Å². The molecule has 0 bridgehead atoms. The number of hydrogen-bond acceptors (Lipinski definition) is 6. The quantitative estimate of drug-likeness (QED) is 0.0898. The van der Waals surface area contributed by atoms with E-state index < -0.39 is 0 Å². The third-order valence-corrected chi connectivity index (χ3v) is 9.85. The normalized spacial score (nSPS) is 12.3. The van der Waals surface area contributed by atoms with Gasteiger partial charge >= 0.3 is 0 Å². The monoisotopic (exact) mass is 943 g/mol. The third kappa shape index (κ3) is 47.3. The van der Waals surface area contributed by atoms with Crippen molar-refractivity contribution in [2.24, 2.45) is 39.9 Å². The summed E-state index contributed by atoms with van der Waals surface area (Å²) in [6, 6.07) is 1.34. The molecule has 0 aromatic heterocycles. The van der Waals surface area contributed by atoms with Crippen LogP contribution >= 0.6 is 0 Å². The zero-order valence-electron chi connectivity index (χ0n) is 48.7. The summed E-state index contributed by atoms with van der Waals surface area (Å²) in [4.78, 5) is 67.3. The van der Waals surface area contributed by atoms with Crippen molar-refractivity contribution in [3.05, 3.63) is 0 Å². The lowest BCUT2D eigenvalue weighted by Crippen LogP contribution is -2.43. The van der Waals surface area contributed by atoms with Gasteiger partial charge in [-0.15, -0.1) is 0 Å². The predicted octanol–water partition coefficient (Wildman–Crippen LogP) is 11.5. The molecule has 2 atom stereocenters. The summed E-state index contributed by atoms with van der Waals surface area (Å²) in [6.45, 7) is 53.7. The molecule has 0 aliphatic rings. The average molecular weight is 944 g/mol. The van der Waals surface area contributed by atoms with E-state index in [0.29, 0.717) is 30.1 Å². The van der Waals surface area contributed by atoms with Gasteiger partial charge in [-0.05, 0) is 72.1 Å². The maximum absolute atomic E-state index is 11.7. The van der Waals surface area contributed by atoms with Crippen LogP contribution in [0.3, 0.4) is 0 Å². The lowest BCUT2D eigenvalue weighted by molar-refractivity contribution is -0.130. The number of carbonyl (C=O) groups excluding carboxylic acids is 6. The van der Waals surface area contributed by atoms with Crippen molar-refractivity contribution < 1.29 is 28.8 Å². The fraction of sp³-hybridized carbons (Fsp3) is 0.889. The maximum atomic E-state index is 11.7. The van der Waals surface area contributed by atoms with Crippen molar-refractivity contribution in [1.29, 1.82) is 0 Å². The molecular formula is C54H114N6O6. The van der Waals surface area contributed by atoms with Crippen LogP contribution in [0.4, 0.5) is 0 Å². The summed E-state index contributed by atoms with van der Waals surface area (Å²) in [6.07, 6.45) is 8.48. The molecule has 0 spiro atoms. The molecule has 6 amide bonds. The van der Waals surface area contributed by atoms with E-state index in [4.69, 9.17) is 0 Å². The van der Waals surface area contributed by atoms with Crippen molar-refractivity contribution in [3.63, 3.8) is 0 Å². The summed E-state index contributed by atoms with van der Waals surface area (Å²) in [5.74, 6) is 1.64. The average Bonchev–Trinajstić information content (AvgIpc) is 3.17. The third-order valence-electron chi connectivity index (χ3n) is 9.85. The number of carbonyl (C=O) groups is 6. The highest BCUT2D eigenvalue weighted by atomic mass is 16.2. The highest BCUT2D eigenvalue weighted by molar-refractivity contribution is 5.82. The van der Waals surface area contributed by atoms with Crippen molar-refractivity contribution in [2.45, 2.75) is 268 Å². The molecule has 0 aromatic rings. The van der Waals surface area contributed by atoms with E-state index in [-0.39, 0.29) is 75.0 Å².